The average Bonchev–Trinajstić information content (AvgIpc) is 2.34. The fraction of sp³-hybridized carbons (Fsp3) is 1.00. The average molecular weight is 392 g/mol. The van der Waals surface area contributed by atoms with Crippen LogP contribution in [0.25, 0.3) is 0 Å². The first-order chi connectivity index (χ1) is 10.3. The summed E-state index contributed by atoms with van der Waals surface area (Å²) >= 11 is 0. The molecule has 0 aromatic rings. The molecule has 24 heavy (non-hydrogen) atoms. The second-order valence-corrected chi connectivity index (χ2v) is 4.73. The molecule has 0 heterocycles. The summed E-state index contributed by atoms with van der Waals surface area (Å²) in [7, 11) is 0. The van der Waals surface area contributed by atoms with E-state index in [0.29, 0.717) is 0 Å². The summed E-state index contributed by atoms with van der Waals surface area (Å²) in [6, 6.07) is 0. The third-order valence-electron chi connectivity index (χ3n) is 2.92. The van der Waals surface area contributed by atoms with Crippen molar-refractivity contribution >= 4 is 0 Å². The number of halogens is 13. The molecule has 0 atom stereocenters. The Labute approximate surface area is 125 Å². The van der Waals surface area contributed by atoms with Gasteiger partial charge in [-0.25, -0.2) is 0 Å². The second kappa shape index (κ2) is 6.41. The van der Waals surface area contributed by atoms with Crippen molar-refractivity contribution in [3.63, 3.8) is 0 Å². The molecule has 0 saturated heterocycles. The van der Waals surface area contributed by atoms with Crippen molar-refractivity contribution < 1.29 is 62.2 Å². The zero-order valence-electron chi connectivity index (χ0n) is 11.2. The molecule has 0 saturated carbocycles. The Balaban J connectivity index is 5.43. The van der Waals surface area contributed by atoms with E-state index in [4.69, 9.17) is 5.11 Å². The predicted molar refractivity (Wildman–Crippen MR) is 51.7 cm³/mol. The van der Waals surface area contributed by atoms with Crippen LogP contribution in [-0.4, -0.2) is 47.5 Å². The number of alkyl halides is 13. The standard InChI is InChI=1S/C10H9F13O/c11-5(12,6(13,14)3-4-24)1-2-7(15,16)8(17,18)9(19,20)10(21,22)23/h24H,1-4H2. The summed E-state index contributed by atoms with van der Waals surface area (Å²) in [5.74, 6) is -31.4. The van der Waals surface area contributed by atoms with Gasteiger partial charge in [0.2, 0.25) is 0 Å². The maximum absolute atomic E-state index is 13.0. The molecule has 1 N–H and O–H groups in total. The van der Waals surface area contributed by atoms with E-state index in [2.05, 4.69) is 0 Å². The molecule has 0 aliphatic carbocycles. The largest absolute Gasteiger partial charge is 0.460 e. The van der Waals surface area contributed by atoms with Crippen LogP contribution in [0.3, 0.4) is 0 Å². The molecule has 1 nitrogen and oxygen atoms in total. The van der Waals surface area contributed by atoms with Crippen LogP contribution >= 0.6 is 0 Å². The molecule has 0 amide bonds. The molecular weight excluding hydrogens is 383 g/mol. The molecule has 0 fully saturated rings. The summed E-state index contributed by atoms with van der Waals surface area (Å²) in [5, 5.41) is 8.11. The monoisotopic (exact) mass is 392 g/mol. The van der Waals surface area contributed by atoms with Crippen molar-refractivity contribution in [1.82, 2.24) is 0 Å². The number of hydrogen-bond acceptors (Lipinski definition) is 1. The van der Waals surface area contributed by atoms with Gasteiger partial charge in [0.1, 0.15) is 0 Å². The Morgan fingerprint density at radius 2 is 0.792 bits per heavy atom. The van der Waals surface area contributed by atoms with E-state index in [-0.39, 0.29) is 0 Å². The zero-order chi connectivity index (χ0) is 19.8. The van der Waals surface area contributed by atoms with Crippen LogP contribution in [-0.2, 0) is 0 Å². The summed E-state index contributed by atoms with van der Waals surface area (Å²) in [6.45, 7) is -1.55. The number of aliphatic hydroxyl groups excluding tert-OH is 1. The first kappa shape index (κ1) is 23.1. The summed E-state index contributed by atoms with van der Waals surface area (Å²) < 4.78 is 163. The van der Waals surface area contributed by atoms with E-state index < -0.39 is 61.7 Å². The summed E-state index contributed by atoms with van der Waals surface area (Å²) in [6.07, 6.45) is -15.0. The third-order valence-corrected chi connectivity index (χ3v) is 2.92. The van der Waals surface area contributed by atoms with Gasteiger partial charge in [0.15, 0.2) is 0 Å². The van der Waals surface area contributed by atoms with Crippen LogP contribution in [0.2, 0.25) is 0 Å². The summed E-state index contributed by atoms with van der Waals surface area (Å²) in [5.41, 5.74) is 0. The first-order valence-corrected chi connectivity index (χ1v) is 5.83. The van der Waals surface area contributed by atoms with Gasteiger partial charge in [-0.2, -0.15) is 57.1 Å². The van der Waals surface area contributed by atoms with Crippen molar-refractivity contribution in [2.75, 3.05) is 6.61 Å². The Morgan fingerprint density at radius 3 is 1.12 bits per heavy atom. The van der Waals surface area contributed by atoms with Gasteiger partial charge >= 0.3 is 35.8 Å². The van der Waals surface area contributed by atoms with Crippen molar-refractivity contribution in [3.05, 3.63) is 0 Å². The molecule has 0 radical (unpaired) electrons. The van der Waals surface area contributed by atoms with Gasteiger partial charge in [-0.05, 0) is 0 Å². The highest BCUT2D eigenvalue weighted by Gasteiger charge is 2.81. The van der Waals surface area contributed by atoms with E-state index in [1.807, 2.05) is 0 Å². The number of aliphatic hydroxyl groups is 1. The highest BCUT2D eigenvalue weighted by molar-refractivity contribution is 5.01. The van der Waals surface area contributed by atoms with E-state index in [1.165, 1.54) is 0 Å². The lowest BCUT2D eigenvalue weighted by molar-refractivity contribution is -0.398. The topological polar surface area (TPSA) is 20.2 Å². The lowest BCUT2D eigenvalue weighted by atomic mass is 9.95. The van der Waals surface area contributed by atoms with Gasteiger partial charge in [0, 0.05) is 25.9 Å². The van der Waals surface area contributed by atoms with Gasteiger partial charge in [-0.3, -0.25) is 0 Å². The molecule has 0 aliphatic rings. The summed E-state index contributed by atoms with van der Waals surface area (Å²) in [4.78, 5) is 0. The number of hydrogen-bond donors (Lipinski definition) is 1. The Kier molecular flexibility index (Phi) is 6.15. The second-order valence-electron chi connectivity index (χ2n) is 4.73. The molecule has 0 aromatic carbocycles. The van der Waals surface area contributed by atoms with Crippen molar-refractivity contribution in [2.45, 2.75) is 55.1 Å². The SMILES string of the molecule is OCCC(F)(F)C(F)(F)CCC(F)(F)C(F)(F)C(F)(F)C(F)(F)F. The fourth-order valence-corrected chi connectivity index (χ4v) is 1.38. The predicted octanol–water partition coefficient (Wildman–Crippen LogP) is 4.89. The molecular formula is C10H9F13O. The van der Waals surface area contributed by atoms with E-state index in [0.717, 1.165) is 0 Å². The molecule has 146 valence electrons. The molecule has 0 unspecified atom stereocenters. The van der Waals surface area contributed by atoms with Crippen LogP contribution in [0.4, 0.5) is 57.1 Å². The molecule has 0 rings (SSSR count). The van der Waals surface area contributed by atoms with Crippen LogP contribution < -0.4 is 0 Å². The van der Waals surface area contributed by atoms with Gasteiger partial charge in [-0.1, -0.05) is 0 Å². The molecule has 14 heteroatoms. The fourth-order valence-electron chi connectivity index (χ4n) is 1.38. The van der Waals surface area contributed by atoms with E-state index >= 15 is 0 Å². The lowest BCUT2D eigenvalue weighted by Gasteiger charge is -2.35. The maximum Gasteiger partial charge on any atom is 0.460 e. The van der Waals surface area contributed by atoms with Crippen LogP contribution in [0, 0.1) is 0 Å². The Morgan fingerprint density at radius 1 is 0.458 bits per heavy atom. The van der Waals surface area contributed by atoms with Gasteiger partial charge in [-0.15, -0.1) is 0 Å². The first-order valence-electron chi connectivity index (χ1n) is 5.83. The van der Waals surface area contributed by atoms with Gasteiger partial charge in [0.25, 0.3) is 0 Å². The van der Waals surface area contributed by atoms with Crippen molar-refractivity contribution in [3.8, 4) is 0 Å². The quantitative estimate of drug-likeness (QED) is 0.584. The number of rotatable bonds is 8. The van der Waals surface area contributed by atoms with Gasteiger partial charge in [0.05, 0.1) is 0 Å². The minimum absolute atomic E-state index is 1.55. The van der Waals surface area contributed by atoms with Crippen LogP contribution in [0.5, 0.6) is 0 Å². The normalized spacial score (nSPS) is 15.8. The Bertz CT molecular complexity index is 425. The lowest BCUT2D eigenvalue weighted by Crippen LogP contribution is -2.61. The highest BCUT2D eigenvalue weighted by atomic mass is 19.4. The van der Waals surface area contributed by atoms with Crippen LogP contribution in [0.15, 0.2) is 0 Å². The van der Waals surface area contributed by atoms with Crippen molar-refractivity contribution in [2.24, 2.45) is 0 Å². The zero-order valence-corrected chi connectivity index (χ0v) is 11.2. The molecule has 0 aliphatic heterocycles. The van der Waals surface area contributed by atoms with Gasteiger partial charge < -0.3 is 5.11 Å². The highest BCUT2D eigenvalue weighted by Crippen LogP contribution is 2.55. The smallest absolute Gasteiger partial charge is 0.396 e. The van der Waals surface area contributed by atoms with E-state index in [9.17, 15) is 57.1 Å². The Hall–Kier alpha value is -0.950. The minimum Gasteiger partial charge on any atom is -0.396 e. The maximum atomic E-state index is 13.0. The molecule has 0 bridgehead atoms. The third kappa shape index (κ3) is 3.99. The molecule has 0 spiro atoms. The minimum atomic E-state index is -7.29. The van der Waals surface area contributed by atoms with E-state index in [1.54, 1.807) is 0 Å². The van der Waals surface area contributed by atoms with Crippen molar-refractivity contribution in [1.29, 1.82) is 0 Å². The molecule has 0 aromatic heterocycles. The van der Waals surface area contributed by atoms with Crippen LogP contribution in [0.1, 0.15) is 19.3 Å².